The third-order valence-corrected chi connectivity index (χ3v) is 6.27. The number of rotatable bonds is 5. The number of carbonyl (C=O) groups is 4. The van der Waals surface area contributed by atoms with Gasteiger partial charge in [0.05, 0.1) is 11.1 Å². The molecule has 1 fully saturated rings. The molecule has 12 heteroatoms. The van der Waals surface area contributed by atoms with Crippen LogP contribution in [0.25, 0.3) is 22.3 Å². The molecule has 0 bridgehead atoms. The molecule has 0 aliphatic carbocycles. The fraction of sp³-hybridized carbons (Fsp3) is 0.200. The molecule has 37 heavy (non-hydrogen) atoms. The highest BCUT2D eigenvalue weighted by Crippen LogP contribution is 2.31. The van der Waals surface area contributed by atoms with Gasteiger partial charge in [-0.1, -0.05) is 23.4 Å². The van der Waals surface area contributed by atoms with Crippen LogP contribution in [0.15, 0.2) is 53.2 Å². The molecule has 2 amide bonds. The quantitative estimate of drug-likeness (QED) is 0.310. The van der Waals surface area contributed by atoms with E-state index in [1.54, 1.807) is 36.1 Å². The van der Waals surface area contributed by atoms with Gasteiger partial charge in [-0.3, -0.25) is 14.4 Å². The lowest BCUT2D eigenvalue weighted by atomic mass is 10.0. The molecule has 2 aromatic heterocycles. The number of carboxylic acids is 1. The highest BCUT2D eigenvalue weighted by Gasteiger charge is 2.35. The fourth-order valence-electron chi connectivity index (χ4n) is 4.44. The first kappa shape index (κ1) is 23.9. The summed E-state index contributed by atoms with van der Waals surface area (Å²) in [6, 6.07) is 10.7. The van der Waals surface area contributed by atoms with Crippen LogP contribution in [0.3, 0.4) is 0 Å². The molecule has 3 heterocycles. The smallest absolute Gasteiger partial charge is 0.394 e. The lowest BCUT2D eigenvalue weighted by Crippen LogP contribution is -2.56. The van der Waals surface area contributed by atoms with Gasteiger partial charge in [0.1, 0.15) is 5.82 Å². The number of piperazine rings is 1. The molecular formula is C25H20FN5O6. The van der Waals surface area contributed by atoms with Crippen LogP contribution < -0.4 is 0 Å². The van der Waals surface area contributed by atoms with Crippen molar-refractivity contribution in [3.63, 3.8) is 0 Å². The number of carboxylic acid groups (broad SMARTS) is 1. The number of hydrogen-bond acceptors (Lipinski definition) is 7. The predicted molar refractivity (Wildman–Crippen MR) is 126 cm³/mol. The Morgan fingerprint density at radius 2 is 1.86 bits per heavy atom. The van der Waals surface area contributed by atoms with Crippen molar-refractivity contribution in [3.8, 4) is 11.4 Å². The van der Waals surface area contributed by atoms with Crippen LogP contribution >= 0.6 is 0 Å². The van der Waals surface area contributed by atoms with E-state index in [2.05, 4.69) is 19.6 Å². The summed E-state index contributed by atoms with van der Waals surface area (Å²) in [5.74, 6) is -4.86. The number of hydrogen-bond donors (Lipinski definition) is 2. The van der Waals surface area contributed by atoms with E-state index in [-0.39, 0.29) is 53.4 Å². The average Bonchev–Trinajstić information content (AvgIpc) is 3.57. The highest BCUT2D eigenvalue weighted by molar-refractivity contribution is 6.45. The summed E-state index contributed by atoms with van der Waals surface area (Å²) >= 11 is 0. The zero-order valence-electron chi connectivity index (χ0n) is 19.5. The zero-order valence-corrected chi connectivity index (χ0v) is 19.5. The SMILES string of the molecule is CC1CN(C(=O)c2ccccc2)CCN1C(=O)C(=O)c1c[nH]c2c(-c3noc(C(=O)O)n3)ccc(F)c12. The van der Waals surface area contributed by atoms with E-state index in [4.69, 9.17) is 5.11 Å². The monoisotopic (exact) mass is 505 g/mol. The van der Waals surface area contributed by atoms with Gasteiger partial charge in [-0.2, -0.15) is 4.98 Å². The number of ketones is 1. The number of carbonyl (C=O) groups excluding carboxylic acids is 3. The second-order valence-electron chi connectivity index (χ2n) is 8.57. The second-order valence-corrected chi connectivity index (χ2v) is 8.57. The molecule has 4 aromatic rings. The van der Waals surface area contributed by atoms with Crippen molar-refractivity contribution in [2.75, 3.05) is 19.6 Å². The van der Waals surface area contributed by atoms with Gasteiger partial charge in [0.2, 0.25) is 5.82 Å². The molecule has 1 unspecified atom stereocenters. The van der Waals surface area contributed by atoms with Gasteiger partial charge < -0.3 is 24.4 Å². The van der Waals surface area contributed by atoms with E-state index in [9.17, 15) is 23.6 Å². The molecule has 0 saturated carbocycles. The lowest BCUT2D eigenvalue weighted by Gasteiger charge is -2.39. The number of benzene rings is 2. The van der Waals surface area contributed by atoms with Crippen molar-refractivity contribution in [2.24, 2.45) is 0 Å². The molecule has 188 valence electrons. The fourth-order valence-corrected chi connectivity index (χ4v) is 4.44. The summed E-state index contributed by atoms with van der Waals surface area (Å²) in [5, 5.41) is 12.5. The van der Waals surface area contributed by atoms with E-state index in [1.807, 2.05) is 6.07 Å². The largest absolute Gasteiger partial charge is 0.474 e. The number of amides is 2. The number of nitrogens with one attached hydrogen (secondary N) is 1. The number of aromatic carboxylic acids is 1. The molecule has 1 aliphatic heterocycles. The minimum absolute atomic E-state index is 0.111. The Hall–Kier alpha value is -4.87. The van der Waals surface area contributed by atoms with Gasteiger partial charge >= 0.3 is 11.9 Å². The number of H-pyrrole nitrogens is 1. The Morgan fingerprint density at radius 3 is 2.54 bits per heavy atom. The topological polar surface area (TPSA) is 150 Å². The second kappa shape index (κ2) is 9.30. The zero-order chi connectivity index (χ0) is 26.3. The Labute approximate surface area is 208 Å². The molecule has 11 nitrogen and oxygen atoms in total. The summed E-state index contributed by atoms with van der Waals surface area (Å²) < 4.78 is 19.5. The third kappa shape index (κ3) is 4.22. The van der Waals surface area contributed by atoms with Crippen molar-refractivity contribution in [1.29, 1.82) is 0 Å². The molecule has 2 N–H and O–H groups in total. The Balaban J connectivity index is 1.38. The van der Waals surface area contributed by atoms with Crippen molar-refractivity contribution in [2.45, 2.75) is 13.0 Å². The van der Waals surface area contributed by atoms with Gasteiger partial charge in [-0.15, -0.1) is 0 Å². The Morgan fingerprint density at radius 1 is 1.11 bits per heavy atom. The maximum absolute atomic E-state index is 14.9. The standard InChI is InChI=1S/C25H20FN5O6/c1-13-12-30(23(33)14-5-3-2-4-6-14)9-10-31(13)24(34)20(32)16-11-27-19-15(7-8-17(26)18(16)19)21-28-22(25(35)36)37-29-21/h2-8,11,13,27H,9-10,12H2,1H3,(H,35,36). The minimum atomic E-state index is -1.43. The van der Waals surface area contributed by atoms with E-state index in [0.717, 1.165) is 6.07 Å². The van der Waals surface area contributed by atoms with E-state index in [1.165, 1.54) is 17.2 Å². The van der Waals surface area contributed by atoms with E-state index < -0.39 is 35.4 Å². The van der Waals surface area contributed by atoms with Crippen LogP contribution in [-0.2, 0) is 4.79 Å². The Bertz CT molecular complexity index is 1550. The van der Waals surface area contributed by atoms with Crippen LogP contribution in [0.2, 0.25) is 0 Å². The molecule has 1 aliphatic rings. The minimum Gasteiger partial charge on any atom is -0.474 e. The number of Topliss-reactive ketones (excluding diaryl/α,β-unsaturated/α-hetero) is 1. The summed E-state index contributed by atoms with van der Waals surface area (Å²) in [4.78, 5) is 59.8. The van der Waals surface area contributed by atoms with Crippen LogP contribution in [0.4, 0.5) is 4.39 Å². The predicted octanol–water partition coefficient (Wildman–Crippen LogP) is 2.61. The maximum atomic E-state index is 14.9. The molecule has 1 atom stereocenters. The first-order chi connectivity index (χ1) is 17.8. The summed E-state index contributed by atoms with van der Waals surface area (Å²) in [5.41, 5.74) is 0.657. The van der Waals surface area contributed by atoms with Crippen LogP contribution in [0.1, 0.15) is 38.3 Å². The van der Waals surface area contributed by atoms with E-state index in [0.29, 0.717) is 5.56 Å². The first-order valence-corrected chi connectivity index (χ1v) is 11.3. The molecule has 0 radical (unpaired) electrons. The number of fused-ring (bicyclic) bond motifs is 1. The normalized spacial score (nSPS) is 15.7. The lowest BCUT2D eigenvalue weighted by molar-refractivity contribution is -0.130. The van der Waals surface area contributed by atoms with E-state index >= 15 is 0 Å². The molecule has 0 spiro atoms. The van der Waals surface area contributed by atoms with Gasteiger partial charge in [0.25, 0.3) is 17.6 Å². The summed E-state index contributed by atoms with van der Waals surface area (Å²) in [6.07, 6.45) is 1.22. The van der Waals surface area contributed by atoms with Gasteiger partial charge in [0.15, 0.2) is 0 Å². The molecule has 1 saturated heterocycles. The summed E-state index contributed by atoms with van der Waals surface area (Å²) in [7, 11) is 0. The molecule has 2 aromatic carbocycles. The van der Waals surface area contributed by atoms with Crippen molar-refractivity contribution in [1.82, 2.24) is 24.9 Å². The average molecular weight is 505 g/mol. The van der Waals surface area contributed by atoms with Crippen molar-refractivity contribution in [3.05, 3.63) is 71.5 Å². The Kier molecular flexibility index (Phi) is 5.99. The highest BCUT2D eigenvalue weighted by atomic mass is 19.1. The van der Waals surface area contributed by atoms with Gasteiger partial charge in [-0.05, 0) is 31.2 Å². The molecular weight excluding hydrogens is 485 g/mol. The van der Waals surface area contributed by atoms with Crippen LogP contribution in [0, 0.1) is 5.82 Å². The number of aromatic nitrogens is 3. The number of nitrogens with zero attached hydrogens (tertiary/aromatic N) is 4. The summed E-state index contributed by atoms with van der Waals surface area (Å²) in [6.45, 7) is 2.36. The molecule has 5 rings (SSSR count). The van der Waals surface area contributed by atoms with Crippen molar-refractivity contribution >= 4 is 34.5 Å². The van der Waals surface area contributed by atoms with Gasteiger partial charge in [-0.25, -0.2) is 9.18 Å². The number of aromatic amines is 1. The first-order valence-electron chi connectivity index (χ1n) is 11.3. The third-order valence-electron chi connectivity index (χ3n) is 6.27. The maximum Gasteiger partial charge on any atom is 0.394 e. The number of halogens is 1. The van der Waals surface area contributed by atoms with Crippen molar-refractivity contribution < 1.29 is 33.2 Å². The van der Waals surface area contributed by atoms with Crippen LogP contribution in [-0.4, -0.2) is 79.3 Å². The van der Waals surface area contributed by atoms with Gasteiger partial charge in [0, 0.05) is 48.4 Å². The van der Waals surface area contributed by atoms with Crippen LogP contribution in [0.5, 0.6) is 0 Å².